The van der Waals surface area contributed by atoms with Crippen molar-refractivity contribution in [2.24, 2.45) is 0 Å². The molecule has 0 aromatic heterocycles. The number of carbonyl (C=O) groups is 1. The number of nitrogens with one attached hydrogen (secondary N) is 1. The minimum atomic E-state index is -4.36. The maximum absolute atomic E-state index is 12.5. The molecule has 3 N–H and O–H groups in total. The van der Waals surface area contributed by atoms with Crippen LogP contribution in [0.4, 0.5) is 0 Å². The molecule has 310 valence electrons. The van der Waals surface area contributed by atoms with E-state index in [0.29, 0.717) is 12.8 Å². The summed E-state index contributed by atoms with van der Waals surface area (Å²) < 4.78 is 32.5. The highest BCUT2D eigenvalue weighted by Gasteiger charge is 2.24. The lowest BCUT2D eigenvalue weighted by Crippen LogP contribution is -2.46. The number of hydrogen-bond acceptors (Lipinski definition) is 4. The van der Waals surface area contributed by atoms with Crippen LogP contribution in [0.3, 0.4) is 0 Å². The maximum atomic E-state index is 12.5. The molecule has 0 aromatic rings. The molecule has 2 unspecified atom stereocenters. The fourth-order valence-corrected chi connectivity index (χ4v) is 6.81. The predicted molar refractivity (Wildman–Crippen MR) is 234 cm³/mol. The van der Waals surface area contributed by atoms with E-state index in [-0.39, 0.29) is 12.3 Å². The highest BCUT2D eigenvalue weighted by atomic mass is 32.2. The summed E-state index contributed by atoms with van der Waals surface area (Å²) in [4.78, 5) is 12.5. The fraction of sp³-hybridized carbons (Fsp3) is 0.681. The molecule has 6 nitrogen and oxygen atoms in total. The van der Waals surface area contributed by atoms with Crippen LogP contribution >= 0.6 is 0 Å². The molecule has 0 saturated carbocycles. The molecule has 0 radical (unpaired) electrons. The third-order valence-electron chi connectivity index (χ3n) is 9.31. The molecule has 1 amide bonds. The van der Waals surface area contributed by atoms with Crippen LogP contribution < -0.4 is 5.32 Å². The van der Waals surface area contributed by atoms with Gasteiger partial charge >= 0.3 is 0 Å². The zero-order valence-electron chi connectivity index (χ0n) is 34.6. The Morgan fingerprint density at radius 2 is 0.907 bits per heavy atom. The topological polar surface area (TPSA) is 104 Å². The quantitative estimate of drug-likeness (QED) is 0.0329. The van der Waals surface area contributed by atoms with E-state index < -0.39 is 28.0 Å². The molecule has 0 heterocycles. The van der Waals surface area contributed by atoms with E-state index in [1.165, 1.54) is 89.5 Å². The van der Waals surface area contributed by atoms with Gasteiger partial charge in [-0.3, -0.25) is 9.35 Å². The van der Waals surface area contributed by atoms with E-state index in [9.17, 15) is 22.9 Å². The summed E-state index contributed by atoms with van der Waals surface area (Å²) in [6, 6.07) is -1.08. The zero-order chi connectivity index (χ0) is 39.6. The Morgan fingerprint density at radius 3 is 1.39 bits per heavy atom. The first-order chi connectivity index (χ1) is 26.3. The first kappa shape index (κ1) is 51.5. The van der Waals surface area contributed by atoms with Gasteiger partial charge in [0, 0.05) is 6.42 Å². The van der Waals surface area contributed by atoms with Crippen LogP contribution in [0.2, 0.25) is 0 Å². The lowest BCUT2D eigenvalue weighted by molar-refractivity contribution is -0.122. The van der Waals surface area contributed by atoms with Gasteiger partial charge in [0.2, 0.25) is 5.91 Å². The van der Waals surface area contributed by atoms with Gasteiger partial charge < -0.3 is 10.4 Å². The molecular formula is C47H81NO5S. The number of allylic oxidation sites excluding steroid dienone is 13. The Bertz CT molecular complexity index is 1160. The number of unbranched alkanes of at least 4 members (excludes halogenated alkanes) is 18. The molecule has 0 fully saturated rings. The van der Waals surface area contributed by atoms with Gasteiger partial charge in [0.05, 0.1) is 17.9 Å². The van der Waals surface area contributed by atoms with E-state index in [1.54, 1.807) is 0 Å². The van der Waals surface area contributed by atoms with Gasteiger partial charge in [-0.15, -0.1) is 0 Å². The maximum Gasteiger partial charge on any atom is 0.267 e. The smallest absolute Gasteiger partial charge is 0.267 e. The van der Waals surface area contributed by atoms with Crippen LogP contribution in [0.15, 0.2) is 85.1 Å². The van der Waals surface area contributed by atoms with Gasteiger partial charge in [-0.2, -0.15) is 8.42 Å². The number of aliphatic hydroxyl groups excluding tert-OH is 1. The van der Waals surface area contributed by atoms with Crippen LogP contribution in [0, 0.1) is 0 Å². The molecule has 54 heavy (non-hydrogen) atoms. The molecular weight excluding hydrogens is 691 g/mol. The van der Waals surface area contributed by atoms with Crippen LogP contribution in [0.5, 0.6) is 0 Å². The van der Waals surface area contributed by atoms with Gasteiger partial charge in [0.25, 0.3) is 10.1 Å². The summed E-state index contributed by atoms with van der Waals surface area (Å²) in [7, 11) is -4.36. The fourth-order valence-electron chi connectivity index (χ4n) is 6.08. The lowest BCUT2D eigenvalue weighted by Gasteiger charge is -2.21. The van der Waals surface area contributed by atoms with E-state index in [2.05, 4.69) is 92.1 Å². The van der Waals surface area contributed by atoms with E-state index in [4.69, 9.17) is 0 Å². The number of amides is 1. The van der Waals surface area contributed by atoms with Crippen LogP contribution in [-0.4, -0.2) is 41.9 Å². The Kier molecular flexibility index (Phi) is 38.3. The van der Waals surface area contributed by atoms with Gasteiger partial charge in [-0.1, -0.05) is 189 Å². The van der Waals surface area contributed by atoms with Gasteiger partial charge in [0.1, 0.15) is 0 Å². The minimum Gasteiger partial charge on any atom is -0.387 e. The molecule has 0 spiro atoms. The highest BCUT2D eigenvalue weighted by molar-refractivity contribution is 7.85. The van der Waals surface area contributed by atoms with Crippen molar-refractivity contribution in [1.82, 2.24) is 5.32 Å². The molecule has 0 saturated heterocycles. The molecule has 2 atom stereocenters. The Labute approximate surface area is 333 Å². The Morgan fingerprint density at radius 1 is 0.519 bits per heavy atom. The second-order valence-electron chi connectivity index (χ2n) is 14.6. The standard InChI is InChI=1S/C47H81NO5S/c1-3-5-7-9-11-13-15-17-19-21-22-23-24-25-26-27-29-31-33-35-37-39-41-43-47(50)48-45(44-54(51,52)53)46(49)42-40-38-36-34-32-30-28-20-18-16-14-12-10-8-6-4-2/h5,7,11,13,17,19,22-23,25-26,32,34,40,42,45-46,49H,3-4,6,8-10,12,14-16,18,20-21,24,27-31,33,35-39,41,43-44H2,1-2H3,(H,48,50)(H,51,52,53)/b7-5-,13-11-,19-17-,23-22-,26-25-,34-32+,42-40+. The van der Waals surface area contributed by atoms with Crippen molar-refractivity contribution in [1.29, 1.82) is 0 Å². The predicted octanol–water partition coefficient (Wildman–Crippen LogP) is 13.2. The van der Waals surface area contributed by atoms with Crippen molar-refractivity contribution >= 4 is 16.0 Å². The van der Waals surface area contributed by atoms with Crippen molar-refractivity contribution in [2.45, 2.75) is 199 Å². The Balaban J connectivity index is 3.97. The molecule has 0 aromatic carbocycles. The summed E-state index contributed by atoms with van der Waals surface area (Å²) in [6.07, 6.45) is 58.5. The number of rotatable bonds is 38. The molecule has 7 heteroatoms. The van der Waals surface area contributed by atoms with Crippen LogP contribution in [0.25, 0.3) is 0 Å². The van der Waals surface area contributed by atoms with E-state index in [1.807, 2.05) is 6.08 Å². The van der Waals surface area contributed by atoms with Crippen molar-refractivity contribution in [3.63, 3.8) is 0 Å². The SMILES string of the molecule is CC/C=C\C/C=C\C/C=C\C/C=C\C/C=C\CCCCCCCCCC(=O)NC(CS(=O)(=O)O)C(O)/C=C/CC/C=C/CCCCCCCCCCCC. The van der Waals surface area contributed by atoms with Crippen molar-refractivity contribution in [3.8, 4) is 0 Å². The summed E-state index contributed by atoms with van der Waals surface area (Å²) >= 11 is 0. The van der Waals surface area contributed by atoms with E-state index >= 15 is 0 Å². The number of hydrogen-bond donors (Lipinski definition) is 3. The van der Waals surface area contributed by atoms with Crippen molar-refractivity contribution in [2.75, 3.05) is 5.75 Å². The summed E-state index contributed by atoms with van der Waals surface area (Å²) in [6.45, 7) is 4.41. The van der Waals surface area contributed by atoms with E-state index in [0.717, 1.165) is 70.6 Å². The highest BCUT2D eigenvalue weighted by Crippen LogP contribution is 2.13. The molecule has 0 aliphatic heterocycles. The average molecular weight is 772 g/mol. The summed E-state index contributed by atoms with van der Waals surface area (Å²) in [5.41, 5.74) is 0. The monoisotopic (exact) mass is 772 g/mol. The average Bonchev–Trinajstić information content (AvgIpc) is 3.14. The Hall–Kier alpha value is -2.48. The molecule has 0 aliphatic carbocycles. The zero-order valence-corrected chi connectivity index (χ0v) is 35.4. The minimum absolute atomic E-state index is 0.270. The lowest BCUT2D eigenvalue weighted by atomic mass is 10.1. The molecule has 0 rings (SSSR count). The number of carbonyl (C=O) groups excluding carboxylic acids is 1. The number of aliphatic hydroxyl groups is 1. The largest absolute Gasteiger partial charge is 0.387 e. The molecule has 0 aliphatic rings. The third kappa shape index (κ3) is 40.7. The van der Waals surface area contributed by atoms with Crippen LogP contribution in [0.1, 0.15) is 187 Å². The van der Waals surface area contributed by atoms with Crippen LogP contribution in [-0.2, 0) is 14.9 Å². The summed E-state index contributed by atoms with van der Waals surface area (Å²) in [5.74, 6) is -1.02. The first-order valence-electron chi connectivity index (χ1n) is 21.8. The normalized spacial score (nSPS) is 14.1. The molecule has 0 bridgehead atoms. The summed E-state index contributed by atoms with van der Waals surface area (Å²) in [5, 5.41) is 13.2. The van der Waals surface area contributed by atoms with Gasteiger partial charge in [-0.25, -0.2) is 0 Å². The van der Waals surface area contributed by atoms with Gasteiger partial charge in [0.15, 0.2) is 0 Å². The van der Waals surface area contributed by atoms with Gasteiger partial charge in [-0.05, 0) is 77.0 Å². The third-order valence-corrected chi connectivity index (χ3v) is 10.1. The van der Waals surface area contributed by atoms with Crippen molar-refractivity contribution in [3.05, 3.63) is 85.1 Å². The second-order valence-corrected chi connectivity index (χ2v) is 16.1. The van der Waals surface area contributed by atoms with Crippen molar-refractivity contribution < 1.29 is 22.9 Å². The second kappa shape index (κ2) is 40.2. The first-order valence-corrected chi connectivity index (χ1v) is 23.4.